The Morgan fingerprint density at radius 3 is 1.55 bits per heavy atom. The van der Waals surface area contributed by atoms with Crippen molar-refractivity contribution in [2.45, 2.75) is 180 Å². The van der Waals surface area contributed by atoms with E-state index in [4.69, 9.17) is 0 Å². The third-order valence-corrected chi connectivity index (χ3v) is 8.36. The lowest BCUT2D eigenvalue weighted by Crippen LogP contribution is -2.50. The van der Waals surface area contributed by atoms with Gasteiger partial charge in [-0.2, -0.15) is 8.42 Å². The van der Waals surface area contributed by atoms with Gasteiger partial charge in [-0.3, -0.25) is 9.35 Å². The summed E-state index contributed by atoms with van der Waals surface area (Å²) >= 11 is 0. The number of carbonyl (C=O) groups excluding carboxylic acids is 1. The average Bonchev–Trinajstić information content (AvgIpc) is 2.90. The second-order valence-electron chi connectivity index (χ2n) is 11.6. The highest BCUT2D eigenvalue weighted by atomic mass is 32.2. The number of hydrogen-bond acceptors (Lipinski definition) is 5. The average molecular weight is 590 g/mol. The fourth-order valence-corrected chi connectivity index (χ4v) is 5.74. The fraction of sp³-hybridized carbons (Fsp3) is 0.906. The van der Waals surface area contributed by atoms with E-state index in [1.54, 1.807) is 0 Å². The Balaban J connectivity index is 4.15. The van der Waals surface area contributed by atoms with Gasteiger partial charge in [-0.05, 0) is 38.5 Å². The summed E-state index contributed by atoms with van der Waals surface area (Å²) in [5.74, 6) is -1.46. The molecule has 238 valence electrons. The van der Waals surface area contributed by atoms with Crippen LogP contribution >= 0.6 is 0 Å². The highest BCUT2D eigenvalue weighted by Gasteiger charge is 2.28. The molecule has 0 saturated heterocycles. The molecule has 0 bridgehead atoms. The lowest BCUT2D eigenvalue weighted by atomic mass is 10.0. The maximum absolute atomic E-state index is 12.5. The summed E-state index contributed by atoms with van der Waals surface area (Å²) in [6, 6.07) is -1.14. The van der Waals surface area contributed by atoms with Crippen molar-refractivity contribution in [1.82, 2.24) is 5.32 Å². The molecular weight excluding hydrogens is 526 g/mol. The first kappa shape index (κ1) is 39.0. The van der Waals surface area contributed by atoms with Crippen LogP contribution in [-0.4, -0.2) is 53.1 Å². The summed E-state index contributed by atoms with van der Waals surface area (Å²) in [6.45, 7) is 4.43. The number of aliphatic hydroxyl groups excluding tert-OH is 2. The molecule has 3 atom stereocenters. The summed E-state index contributed by atoms with van der Waals surface area (Å²) in [7, 11) is -4.40. The minimum atomic E-state index is -4.40. The van der Waals surface area contributed by atoms with Crippen LogP contribution in [0.1, 0.15) is 162 Å². The van der Waals surface area contributed by atoms with E-state index in [-0.39, 0.29) is 6.42 Å². The third-order valence-electron chi connectivity index (χ3n) is 7.58. The summed E-state index contributed by atoms with van der Waals surface area (Å²) in [4.78, 5) is 12.5. The molecule has 0 aliphatic rings. The standard InChI is InChI=1S/C32H63NO6S/c1-3-5-7-9-11-13-15-17-18-20-22-24-26-30(34)29(28-40(37,38)39)33-32(36)31(35)27-25-23-21-19-16-14-12-10-8-6-4-2/h12,14,29-31,34-35H,3-11,13,15-28H2,1-2H3,(H,33,36)(H,37,38,39)/b14-12-. The zero-order valence-corrected chi connectivity index (χ0v) is 26.6. The van der Waals surface area contributed by atoms with Crippen LogP contribution in [0.25, 0.3) is 0 Å². The van der Waals surface area contributed by atoms with E-state index in [9.17, 15) is 28.0 Å². The first-order valence-electron chi connectivity index (χ1n) is 16.5. The maximum atomic E-state index is 12.5. The summed E-state index contributed by atoms with van der Waals surface area (Å²) in [6.07, 6.45) is 26.6. The van der Waals surface area contributed by atoms with Crippen molar-refractivity contribution in [3.05, 3.63) is 12.2 Å². The van der Waals surface area contributed by atoms with Crippen LogP contribution in [0.4, 0.5) is 0 Å². The first-order valence-corrected chi connectivity index (χ1v) is 18.1. The van der Waals surface area contributed by atoms with Crippen LogP contribution in [-0.2, 0) is 14.9 Å². The molecule has 0 aromatic carbocycles. The minimum absolute atomic E-state index is 0.284. The Morgan fingerprint density at radius 2 is 1.05 bits per heavy atom. The van der Waals surface area contributed by atoms with E-state index >= 15 is 0 Å². The van der Waals surface area contributed by atoms with Gasteiger partial charge in [-0.15, -0.1) is 0 Å². The monoisotopic (exact) mass is 589 g/mol. The van der Waals surface area contributed by atoms with E-state index in [0.29, 0.717) is 19.3 Å². The first-order chi connectivity index (χ1) is 19.2. The van der Waals surface area contributed by atoms with Gasteiger partial charge in [-0.25, -0.2) is 0 Å². The van der Waals surface area contributed by atoms with Crippen molar-refractivity contribution in [1.29, 1.82) is 0 Å². The summed E-state index contributed by atoms with van der Waals surface area (Å²) in [5, 5.41) is 23.3. The maximum Gasteiger partial charge on any atom is 0.266 e. The fourth-order valence-electron chi connectivity index (χ4n) is 4.98. The Morgan fingerprint density at radius 1 is 0.650 bits per heavy atom. The number of nitrogens with one attached hydrogen (secondary N) is 1. The lowest BCUT2D eigenvalue weighted by molar-refractivity contribution is -0.131. The summed E-state index contributed by atoms with van der Waals surface area (Å²) < 4.78 is 32.3. The Bertz CT molecular complexity index is 712. The minimum Gasteiger partial charge on any atom is -0.391 e. The van der Waals surface area contributed by atoms with Crippen molar-refractivity contribution >= 4 is 16.0 Å². The van der Waals surface area contributed by atoms with E-state index in [1.807, 2.05) is 0 Å². The number of aliphatic hydroxyl groups is 2. The molecule has 0 aliphatic carbocycles. The van der Waals surface area contributed by atoms with Crippen LogP contribution in [0.3, 0.4) is 0 Å². The summed E-state index contributed by atoms with van der Waals surface area (Å²) in [5.41, 5.74) is 0. The molecule has 0 heterocycles. The van der Waals surface area contributed by atoms with Gasteiger partial charge < -0.3 is 15.5 Å². The SMILES string of the molecule is CCCCC/C=C\CCCCCCC(O)C(=O)NC(CS(=O)(=O)O)C(O)CCCCCCCCCCCCCC. The van der Waals surface area contributed by atoms with Crippen molar-refractivity contribution in [3.8, 4) is 0 Å². The second kappa shape index (κ2) is 26.9. The number of carbonyl (C=O) groups is 1. The van der Waals surface area contributed by atoms with Gasteiger partial charge in [0.2, 0.25) is 5.91 Å². The van der Waals surface area contributed by atoms with E-state index in [0.717, 1.165) is 51.4 Å². The molecule has 7 nitrogen and oxygen atoms in total. The predicted octanol–water partition coefficient (Wildman–Crippen LogP) is 7.65. The van der Waals surface area contributed by atoms with Crippen molar-refractivity contribution < 1.29 is 28.0 Å². The Kier molecular flexibility index (Phi) is 26.3. The van der Waals surface area contributed by atoms with E-state index < -0.39 is 40.0 Å². The van der Waals surface area contributed by atoms with Crippen molar-refractivity contribution in [2.75, 3.05) is 5.75 Å². The normalized spacial score (nSPS) is 14.4. The van der Waals surface area contributed by atoms with Crippen LogP contribution < -0.4 is 5.32 Å². The quantitative estimate of drug-likeness (QED) is 0.0404. The number of amides is 1. The molecule has 0 saturated carbocycles. The molecule has 40 heavy (non-hydrogen) atoms. The number of unbranched alkanes of at least 4 members (excludes halogenated alkanes) is 18. The predicted molar refractivity (Wildman–Crippen MR) is 167 cm³/mol. The van der Waals surface area contributed by atoms with Crippen LogP contribution in [0.5, 0.6) is 0 Å². The smallest absolute Gasteiger partial charge is 0.266 e. The van der Waals surface area contributed by atoms with E-state index in [2.05, 4.69) is 31.3 Å². The molecule has 0 radical (unpaired) electrons. The number of rotatable bonds is 29. The Labute approximate surface area is 246 Å². The Hall–Kier alpha value is -0.960. The third kappa shape index (κ3) is 26.0. The highest BCUT2D eigenvalue weighted by Crippen LogP contribution is 2.15. The lowest BCUT2D eigenvalue weighted by Gasteiger charge is -2.24. The van der Waals surface area contributed by atoms with Gasteiger partial charge in [0.1, 0.15) is 6.10 Å². The second-order valence-corrected chi connectivity index (χ2v) is 13.1. The largest absolute Gasteiger partial charge is 0.391 e. The zero-order chi connectivity index (χ0) is 29.9. The van der Waals surface area contributed by atoms with Gasteiger partial charge in [-0.1, -0.05) is 135 Å². The molecule has 0 spiro atoms. The number of allylic oxidation sites excluding steroid dienone is 2. The molecule has 0 fully saturated rings. The molecule has 8 heteroatoms. The molecule has 3 unspecified atom stereocenters. The van der Waals surface area contributed by atoms with Gasteiger partial charge in [0, 0.05) is 0 Å². The van der Waals surface area contributed by atoms with E-state index in [1.165, 1.54) is 70.6 Å². The molecule has 0 aliphatic heterocycles. The topological polar surface area (TPSA) is 124 Å². The van der Waals surface area contributed by atoms with Gasteiger partial charge in [0.05, 0.1) is 17.9 Å². The van der Waals surface area contributed by atoms with Crippen molar-refractivity contribution in [2.24, 2.45) is 0 Å². The highest BCUT2D eigenvalue weighted by molar-refractivity contribution is 7.85. The molecule has 0 rings (SSSR count). The molecule has 0 aromatic heterocycles. The van der Waals surface area contributed by atoms with Gasteiger partial charge >= 0.3 is 0 Å². The van der Waals surface area contributed by atoms with Crippen LogP contribution in [0.2, 0.25) is 0 Å². The molecule has 4 N–H and O–H groups in total. The van der Waals surface area contributed by atoms with Gasteiger partial charge in [0.25, 0.3) is 10.1 Å². The number of hydrogen-bond donors (Lipinski definition) is 4. The van der Waals surface area contributed by atoms with Crippen LogP contribution in [0.15, 0.2) is 12.2 Å². The van der Waals surface area contributed by atoms with Crippen molar-refractivity contribution in [3.63, 3.8) is 0 Å². The molecule has 1 amide bonds. The molecular formula is C32H63NO6S. The molecule has 0 aromatic rings. The van der Waals surface area contributed by atoms with Crippen LogP contribution in [0, 0.1) is 0 Å². The zero-order valence-electron chi connectivity index (χ0n) is 25.8. The van der Waals surface area contributed by atoms with Gasteiger partial charge in [0.15, 0.2) is 0 Å².